The van der Waals surface area contributed by atoms with Gasteiger partial charge in [-0.25, -0.2) is 9.65 Å². The van der Waals surface area contributed by atoms with Gasteiger partial charge in [-0.05, 0) is 38.2 Å². The molecule has 2 N–H and O–H groups in total. The Morgan fingerprint density at radius 3 is 2.48 bits per heavy atom. The summed E-state index contributed by atoms with van der Waals surface area (Å²) in [4.78, 5) is 42.6. The zero-order valence-electron chi connectivity index (χ0n) is 24.2. The maximum atomic E-state index is 13.6. The van der Waals surface area contributed by atoms with E-state index in [-0.39, 0.29) is 25.2 Å². The molecule has 1 aromatic rings. The molecule has 3 rings (SSSR count). The van der Waals surface area contributed by atoms with Crippen molar-refractivity contribution in [2.45, 2.75) is 84.0 Å². The quantitative estimate of drug-likeness (QED) is 0.183. The topological polar surface area (TPSA) is 127 Å². The van der Waals surface area contributed by atoms with E-state index in [2.05, 4.69) is 15.3 Å². The summed E-state index contributed by atoms with van der Waals surface area (Å²) >= 11 is 0. The van der Waals surface area contributed by atoms with Gasteiger partial charge in [0.2, 0.25) is 11.8 Å². The smallest absolute Gasteiger partial charge is 0.406 e. The Kier molecular flexibility index (Phi) is 12.1. The summed E-state index contributed by atoms with van der Waals surface area (Å²) in [6.45, 7) is 9.23. The van der Waals surface area contributed by atoms with Crippen molar-refractivity contribution < 1.29 is 32.7 Å². The van der Waals surface area contributed by atoms with Crippen LogP contribution in [-0.4, -0.2) is 84.7 Å². The molecule has 0 aliphatic carbocycles. The number of carbonyl (C=O) groups excluding carboxylic acids is 3. The van der Waals surface area contributed by atoms with Crippen molar-refractivity contribution >= 4 is 25.5 Å². The zero-order chi connectivity index (χ0) is 29.2. The maximum Gasteiger partial charge on any atom is 0.406 e. The molecule has 3 atom stereocenters. The van der Waals surface area contributed by atoms with E-state index in [4.69, 9.17) is 13.8 Å². The summed E-state index contributed by atoms with van der Waals surface area (Å²) in [7, 11) is -4.02. The normalized spacial score (nSPS) is 21.8. The van der Waals surface area contributed by atoms with Crippen molar-refractivity contribution in [3.63, 3.8) is 0 Å². The van der Waals surface area contributed by atoms with Gasteiger partial charge >= 0.3 is 13.7 Å². The highest BCUT2D eigenvalue weighted by atomic mass is 31.2. The molecule has 1 spiro atoms. The number of piperazine rings is 1. The lowest BCUT2D eigenvalue weighted by Gasteiger charge is -2.47. The Hall–Kier alpha value is -2.30. The van der Waals surface area contributed by atoms with E-state index in [1.807, 2.05) is 51.1 Å². The van der Waals surface area contributed by atoms with E-state index < -0.39 is 37.8 Å². The average Bonchev–Trinajstić information content (AvgIpc) is 3.31. The molecule has 224 valence electrons. The largest absolute Gasteiger partial charge is 0.461 e. The highest BCUT2D eigenvalue weighted by Gasteiger charge is 2.51. The van der Waals surface area contributed by atoms with Gasteiger partial charge in [0.15, 0.2) is 0 Å². The van der Waals surface area contributed by atoms with Crippen LogP contribution in [0, 0.1) is 0 Å². The Balaban J connectivity index is 1.65. The first-order valence-electron chi connectivity index (χ1n) is 14.4. The van der Waals surface area contributed by atoms with Crippen molar-refractivity contribution in [3.8, 4) is 0 Å². The molecule has 2 aliphatic rings. The highest BCUT2D eigenvalue weighted by molar-refractivity contribution is 7.51. The predicted molar refractivity (Wildman–Crippen MR) is 151 cm³/mol. The van der Waals surface area contributed by atoms with Crippen LogP contribution in [0.15, 0.2) is 30.3 Å². The number of unbranched alkanes of at least 4 members (excludes halogenated alkanes) is 1. The summed E-state index contributed by atoms with van der Waals surface area (Å²) in [5, 5.41) is 5.57. The van der Waals surface area contributed by atoms with E-state index >= 15 is 0 Å². The lowest BCUT2D eigenvalue weighted by molar-refractivity contribution is -0.151. The number of hydrogen-bond acceptors (Lipinski definition) is 8. The van der Waals surface area contributed by atoms with Gasteiger partial charge in [-0.1, -0.05) is 57.5 Å². The second-order valence-electron chi connectivity index (χ2n) is 10.4. The molecule has 3 unspecified atom stereocenters. The Morgan fingerprint density at radius 1 is 1.12 bits per heavy atom. The summed E-state index contributed by atoms with van der Waals surface area (Å²) in [5.74, 6) is -1.06. The number of esters is 1. The van der Waals surface area contributed by atoms with Gasteiger partial charge in [-0.15, -0.1) is 0 Å². The minimum atomic E-state index is -4.02. The van der Waals surface area contributed by atoms with Crippen LogP contribution < -0.4 is 10.4 Å². The highest BCUT2D eigenvalue weighted by Crippen LogP contribution is 2.44. The zero-order valence-corrected chi connectivity index (χ0v) is 25.1. The van der Waals surface area contributed by atoms with Crippen LogP contribution >= 0.6 is 7.75 Å². The van der Waals surface area contributed by atoms with Crippen LogP contribution in [0.5, 0.6) is 0 Å². The molecule has 2 saturated heterocycles. The lowest BCUT2D eigenvalue weighted by Crippen LogP contribution is -2.66. The molecule has 2 amide bonds. The summed E-state index contributed by atoms with van der Waals surface area (Å²) in [6.07, 6.45) is 3.13. The molecular weight excluding hydrogens is 535 g/mol. The molecule has 11 nitrogen and oxygen atoms in total. The molecule has 2 heterocycles. The van der Waals surface area contributed by atoms with Crippen LogP contribution in [0.25, 0.3) is 0 Å². The fourth-order valence-electron chi connectivity index (χ4n) is 4.99. The summed E-state index contributed by atoms with van der Waals surface area (Å²) in [5.41, 5.74) is 0.259. The monoisotopic (exact) mass is 580 g/mol. The SMILES string of the molecule is CCCCOP(=O)(NC(C)C(=O)OC(CC)CC)OCC(=O)N1CCN(Cc2ccccc2)C2(CCNC2=O)C1. The Labute approximate surface area is 237 Å². The predicted octanol–water partition coefficient (Wildman–Crippen LogP) is 3.24. The van der Waals surface area contributed by atoms with E-state index in [1.165, 1.54) is 6.92 Å². The third-order valence-corrected chi connectivity index (χ3v) is 9.22. The van der Waals surface area contributed by atoms with Crippen molar-refractivity contribution in [1.29, 1.82) is 0 Å². The molecule has 1 aromatic carbocycles. The van der Waals surface area contributed by atoms with Crippen molar-refractivity contribution in [3.05, 3.63) is 35.9 Å². The van der Waals surface area contributed by atoms with Gasteiger partial charge in [0.05, 0.1) is 6.61 Å². The van der Waals surface area contributed by atoms with Crippen molar-refractivity contribution in [1.82, 2.24) is 20.2 Å². The van der Waals surface area contributed by atoms with Gasteiger partial charge in [-0.2, -0.15) is 0 Å². The number of benzene rings is 1. The second kappa shape index (κ2) is 15.1. The molecule has 12 heteroatoms. The number of nitrogens with one attached hydrogen (secondary N) is 2. The van der Waals surface area contributed by atoms with Crippen LogP contribution in [-0.2, 0) is 39.3 Å². The third-order valence-electron chi connectivity index (χ3n) is 7.53. The van der Waals surface area contributed by atoms with Crippen LogP contribution in [0.1, 0.15) is 65.4 Å². The number of rotatable bonds is 15. The molecule has 0 bridgehead atoms. The van der Waals surface area contributed by atoms with Crippen LogP contribution in [0.4, 0.5) is 0 Å². The Bertz CT molecular complexity index is 1040. The van der Waals surface area contributed by atoms with Gasteiger partial charge in [0.1, 0.15) is 24.3 Å². The van der Waals surface area contributed by atoms with E-state index in [0.29, 0.717) is 51.9 Å². The number of ether oxygens (including phenoxy) is 1. The molecule has 0 aromatic heterocycles. The van der Waals surface area contributed by atoms with E-state index in [1.54, 1.807) is 4.90 Å². The molecule has 0 saturated carbocycles. The first-order chi connectivity index (χ1) is 19.2. The Morgan fingerprint density at radius 2 is 1.85 bits per heavy atom. The van der Waals surface area contributed by atoms with Gasteiger partial charge in [0, 0.05) is 32.7 Å². The number of amides is 2. The van der Waals surface area contributed by atoms with Gasteiger partial charge < -0.3 is 15.0 Å². The standard InChI is InChI=1S/C28H45N4O7P/c1-5-8-18-37-40(36,30-22(4)26(34)39-24(6-2)7-3)38-20-25(33)31-16-17-32(19-23-12-10-9-11-13-23)28(21-31)14-15-29-27(28)35/h9-13,22,24H,5-8,14-21H2,1-4H3,(H,29,35)(H,30,36). The minimum absolute atomic E-state index is 0.0955. The number of hydrogen-bond donors (Lipinski definition) is 2. The molecule has 0 radical (unpaired) electrons. The van der Waals surface area contributed by atoms with Gasteiger partial charge in [0.25, 0.3) is 0 Å². The minimum Gasteiger partial charge on any atom is -0.461 e. The first-order valence-corrected chi connectivity index (χ1v) is 15.9. The van der Waals surface area contributed by atoms with Crippen molar-refractivity contribution in [2.75, 3.05) is 39.4 Å². The lowest BCUT2D eigenvalue weighted by atomic mass is 9.91. The van der Waals surface area contributed by atoms with Crippen LogP contribution in [0.2, 0.25) is 0 Å². The maximum absolute atomic E-state index is 13.6. The van der Waals surface area contributed by atoms with Gasteiger partial charge in [-0.3, -0.25) is 28.3 Å². The van der Waals surface area contributed by atoms with E-state index in [0.717, 1.165) is 12.0 Å². The molecule has 2 fully saturated rings. The number of nitrogens with zero attached hydrogens (tertiary/aromatic N) is 2. The third kappa shape index (κ3) is 8.36. The molecular formula is C28H45N4O7P. The average molecular weight is 581 g/mol. The fraction of sp³-hybridized carbons (Fsp3) is 0.679. The fourth-order valence-corrected chi connectivity index (χ4v) is 6.45. The summed E-state index contributed by atoms with van der Waals surface area (Å²) in [6, 6.07) is 8.97. The van der Waals surface area contributed by atoms with E-state index in [9.17, 15) is 18.9 Å². The van der Waals surface area contributed by atoms with Crippen LogP contribution in [0.3, 0.4) is 0 Å². The second-order valence-corrected chi connectivity index (χ2v) is 12.2. The number of carbonyl (C=O) groups is 3. The molecule has 2 aliphatic heterocycles. The first kappa shape index (κ1) is 32.2. The molecule has 40 heavy (non-hydrogen) atoms. The van der Waals surface area contributed by atoms with Crippen molar-refractivity contribution in [2.24, 2.45) is 0 Å². The summed E-state index contributed by atoms with van der Waals surface area (Å²) < 4.78 is 30.2.